The number of rotatable bonds is 5. The van der Waals surface area contributed by atoms with Gasteiger partial charge in [0.25, 0.3) is 0 Å². The molecule has 0 radical (unpaired) electrons. The van der Waals surface area contributed by atoms with Gasteiger partial charge in [-0.15, -0.1) is 10.2 Å². The summed E-state index contributed by atoms with van der Waals surface area (Å²) in [6.45, 7) is 2.69. The quantitative estimate of drug-likeness (QED) is 0.471. The largest absolute Gasteiger partial charge is 0.497 e. The Hall–Kier alpha value is -3.71. The first-order chi connectivity index (χ1) is 18.5. The van der Waals surface area contributed by atoms with Gasteiger partial charge in [0.1, 0.15) is 5.75 Å². The summed E-state index contributed by atoms with van der Waals surface area (Å²) in [4.78, 5) is 14.5. The van der Waals surface area contributed by atoms with Gasteiger partial charge < -0.3 is 14.5 Å². The van der Waals surface area contributed by atoms with E-state index in [1.54, 1.807) is 7.11 Å². The highest BCUT2D eigenvalue weighted by molar-refractivity contribution is 7.89. The molecule has 1 atom stereocenters. The maximum Gasteiger partial charge on any atom is 0.471 e. The summed E-state index contributed by atoms with van der Waals surface area (Å²) >= 11 is 0. The summed E-state index contributed by atoms with van der Waals surface area (Å²) in [5, 5.41) is 8.63. The summed E-state index contributed by atoms with van der Waals surface area (Å²) in [6.07, 6.45) is -4.88. The number of piperazine rings is 1. The van der Waals surface area contributed by atoms with E-state index < -0.39 is 28.1 Å². The summed E-state index contributed by atoms with van der Waals surface area (Å²) in [5.41, 5.74) is 2.02. The number of carbonyl (C=O) groups excluding carboxylic acids is 1. The van der Waals surface area contributed by atoms with E-state index in [2.05, 4.69) is 10.2 Å². The SMILES string of the molecule is COc1cccc(-c2ccc(N3CCN(S(=O)(=O)c4ccc5c(c4)CC(C)N5C(=O)C(F)(F)F)CC3)nn2)c1. The van der Waals surface area contributed by atoms with Crippen LogP contribution in [-0.4, -0.2) is 74.3 Å². The van der Waals surface area contributed by atoms with Crippen molar-refractivity contribution >= 4 is 27.4 Å². The number of fused-ring (bicyclic) bond motifs is 1. The van der Waals surface area contributed by atoms with Crippen LogP contribution in [0.4, 0.5) is 24.7 Å². The third kappa shape index (κ3) is 5.15. The van der Waals surface area contributed by atoms with Gasteiger partial charge in [-0.25, -0.2) is 8.42 Å². The van der Waals surface area contributed by atoms with Crippen LogP contribution in [0.5, 0.6) is 5.75 Å². The lowest BCUT2D eigenvalue weighted by atomic mass is 10.1. The van der Waals surface area contributed by atoms with Crippen LogP contribution >= 0.6 is 0 Å². The van der Waals surface area contributed by atoms with E-state index in [0.29, 0.717) is 40.8 Å². The van der Waals surface area contributed by atoms with Crippen LogP contribution in [0.1, 0.15) is 12.5 Å². The molecule has 0 spiro atoms. The van der Waals surface area contributed by atoms with Crippen molar-refractivity contribution < 1.29 is 31.1 Å². The zero-order chi connectivity index (χ0) is 27.9. The zero-order valence-corrected chi connectivity index (χ0v) is 22.0. The summed E-state index contributed by atoms with van der Waals surface area (Å²) in [6, 6.07) is 14.3. The number of aromatic nitrogens is 2. The molecule has 1 amide bonds. The van der Waals surface area contributed by atoms with Crippen LogP contribution in [0.2, 0.25) is 0 Å². The molecule has 0 aliphatic carbocycles. The van der Waals surface area contributed by atoms with Crippen molar-refractivity contribution in [1.82, 2.24) is 14.5 Å². The molecule has 9 nitrogen and oxygen atoms in total. The summed E-state index contributed by atoms with van der Waals surface area (Å²) in [7, 11) is -2.30. The number of hydrogen-bond donors (Lipinski definition) is 0. The smallest absolute Gasteiger partial charge is 0.471 e. The molecule has 2 aromatic carbocycles. The minimum atomic E-state index is -5.01. The van der Waals surface area contributed by atoms with Crippen LogP contribution in [0.25, 0.3) is 11.3 Å². The molecule has 2 aliphatic heterocycles. The Morgan fingerprint density at radius 2 is 1.74 bits per heavy atom. The zero-order valence-electron chi connectivity index (χ0n) is 21.2. The Bertz CT molecular complexity index is 1490. The molecular formula is C26H26F3N5O4S. The first kappa shape index (κ1) is 26.9. The second kappa shape index (κ2) is 10.1. The molecular weight excluding hydrogens is 535 g/mol. The molecule has 3 heterocycles. The second-order valence-corrected chi connectivity index (χ2v) is 11.4. The Kier molecular flexibility index (Phi) is 6.97. The second-order valence-electron chi connectivity index (χ2n) is 9.42. The standard InChI is InChI=1S/C26H26F3N5O4S/c1-17-14-19-16-21(6-8-23(19)34(17)25(35)26(27,28)29)39(36,37)33-12-10-32(11-13-33)24-9-7-22(30-31-24)18-4-3-5-20(15-18)38-2/h3-9,15-17H,10-14H2,1-2H3. The van der Waals surface area contributed by atoms with Crippen LogP contribution in [0, 0.1) is 0 Å². The maximum atomic E-state index is 13.3. The highest BCUT2D eigenvalue weighted by atomic mass is 32.2. The molecule has 0 saturated carbocycles. The van der Waals surface area contributed by atoms with Crippen LogP contribution < -0.4 is 14.5 Å². The van der Waals surface area contributed by atoms with Gasteiger partial charge in [0.05, 0.1) is 17.7 Å². The van der Waals surface area contributed by atoms with Gasteiger partial charge in [0, 0.05) is 43.5 Å². The van der Waals surface area contributed by atoms with E-state index in [0.717, 1.165) is 5.56 Å². The first-order valence-electron chi connectivity index (χ1n) is 12.3. The molecule has 1 aromatic heterocycles. The average molecular weight is 562 g/mol. The van der Waals surface area contributed by atoms with Crippen molar-refractivity contribution in [2.24, 2.45) is 0 Å². The molecule has 0 N–H and O–H groups in total. The van der Waals surface area contributed by atoms with Gasteiger partial charge in [-0.2, -0.15) is 17.5 Å². The lowest BCUT2D eigenvalue weighted by Gasteiger charge is -2.34. The molecule has 0 bridgehead atoms. The molecule has 1 saturated heterocycles. The molecule has 1 fully saturated rings. The lowest BCUT2D eigenvalue weighted by molar-refractivity contribution is -0.170. The van der Waals surface area contributed by atoms with Gasteiger partial charge in [0.15, 0.2) is 5.82 Å². The number of sulfonamides is 1. The number of hydrogen-bond acceptors (Lipinski definition) is 7. The fraction of sp³-hybridized carbons (Fsp3) is 0.346. The van der Waals surface area contributed by atoms with Gasteiger partial charge in [-0.1, -0.05) is 12.1 Å². The van der Waals surface area contributed by atoms with Gasteiger partial charge in [-0.3, -0.25) is 4.79 Å². The molecule has 13 heteroatoms. The van der Waals surface area contributed by atoms with E-state index in [-0.39, 0.29) is 30.1 Å². The predicted molar refractivity (Wildman–Crippen MR) is 138 cm³/mol. The average Bonchev–Trinajstić information content (AvgIpc) is 3.27. The fourth-order valence-electron chi connectivity index (χ4n) is 4.95. The van der Waals surface area contributed by atoms with Gasteiger partial charge >= 0.3 is 12.1 Å². The van der Waals surface area contributed by atoms with Crippen molar-refractivity contribution in [3.63, 3.8) is 0 Å². The number of nitrogens with zero attached hydrogens (tertiary/aromatic N) is 5. The van der Waals surface area contributed by atoms with Gasteiger partial charge in [-0.05, 0) is 61.4 Å². The summed E-state index contributed by atoms with van der Waals surface area (Å²) < 4.78 is 72.4. The number of amides is 1. The molecule has 5 rings (SSSR count). The Balaban J connectivity index is 1.27. The molecule has 3 aromatic rings. The van der Waals surface area contributed by atoms with E-state index in [1.807, 2.05) is 41.3 Å². The minimum absolute atomic E-state index is 0.00867. The highest BCUT2D eigenvalue weighted by Gasteiger charge is 2.47. The number of benzene rings is 2. The molecule has 206 valence electrons. The Morgan fingerprint density at radius 3 is 2.38 bits per heavy atom. The van der Waals surface area contributed by atoms with Crippen LogP contribution in [0.3, 0.4) is 0 Å². The van der Waals surface area contributed by atoms with Crippen molar-refractivity contribution in [3.05, 3.63) is 60.2 Å². The first-order valence-corrected chi connectivity index (χ1v) is 13.7. The topological polar surface area (TPSA) is 95.9 Å². The molecule has 2 aliphatic rings. The predicted octanol–water partition coefficient (Wildman–Crippen LogP) is 3.50. The fourth-order valence-corrected chi connectivity index (χ4v) is 6.42. The Morgan fingerprint density at radius 1 is 1.00 bits per heavy atom. The normalized spacial score (nSPS) is 18.2. The molecule has 39 heavy (non-hydrogen) atoms. The van der Waals surface area contributed by atoms with E-state index >= 15 is 0 Å². The van der Waals surface area contributed by atoms with Crippen molar-refractivity contribution in [3.8, 4) is 17.0 Å². The third-order valence-electron chi connectivity index (χ3n) is 6.94. The van der Waals surface area contributed by atoms with E-state index in [4.69, 9.17) is 4.74 Å². The van der Waals surface area contributed by atoms with Crippen LogP contribution in [-0.2, 0) is 21.2 Å². The number of methoxy groups -OCH3 is 1. The number of halogens is 3. The van der Waals surface area contributed by atoms with E-state index in [1.165, 1.54) is 29.4 Å². The maximum absolute atomic E-state index is 13.3. The minimum Gasteiger partial charge on any atom is -0.497 e. The van der Waals surface area contributed by atoms with Crippen molar-refractivity contribution in [1.29, 1.82) is 0 Å². The monoisotopic (exact) mass is 561 g/mol. The Labute approximate surface area is 223 Å². The third-order valence-corrected chi connectivity index (χ3v) is 8.84. The van der Waals surface area contributed by atoms with E-state index in [9.17, 15) is 26.4 Å². The van der Waals surface area contributed by atoms with Crippen molar-refractivity contribution in [2.75, 3.05) is 43.1 Å². The number of alkyl halides is 3. The highest BCUT2D eigenvalue weighted by Crippen LogP contribution is 2.37. The number of anilines is 2. The van der Waals surface area contributed by atoms with Gasteiger partial charge in [0.2, 0.25) is 10.0 Å². The summed E-state index contributed by atoms with van der Waals surface area (Å²) in [5.74, 6) is -0.625. The lowest BCUT2D eigenvalue weighted by Crippen LogP contribution is -2.49. The van der Waals surface area contributed by atoms with Crippen molar-refractivity contribution in [2.45, 2.75) is 30.5 Å². The molecule has 1 unspecified atom stereocenters. The number of ether oxygens (including phenoxy) is 1. The number of carbonyl (C=O) groups is 1. The van der Waals surface area contributed by atoms with Crippen LogP contribution in [0.15, 0.2) is 59.5 Å².